The Balaban J connectivity index is 3.20. The molecule has 19 heavy (non-hydrogen) atoms. The number of hydrogen-bond acceptors (Lipinski definition) is 2. The number of carbonyl (C=O) groups is 1. The van der Waals surface area contributed by atoms with Crippen LogP contribution in [-0.4, -0.2) is 30.1 Å². The highest BCUT2D eigenvalue weighted by molar-refractivity contribution is 5.67. The molecule has 0 aliphatic heterocycles. The van der Waals surface area contributed by atoms with Gasteiger partial charge in [0.1, 0.15) is 0 Å². The van der Waals surface area contributed by atoms with Crippen LogP contribution in [0.4, 0.5) is 0 Å². The molecule has 1 aromatic rings. The molecule has 0 spiro atoms. The zero-order valence-electron chi connectivity index (χ0n) is 12.8. The summed E-state index contributed by atoms with van der Waals surface area (Å²) in [5.41, 5.74) is 5.09. The Hall–Kier alpha value is -1.35. The average Bonchev–Trinajstić information content (AvgIpc) is 2.28. The number of nitrogens with zero attached hydrogens (tertiary/aromatic N) is 1. The third-order valence-corrected chi connectivity index (χ3v) is 4.01. The summed E-state index contributed by atoms with van der Waals surface area (Å²) in [5, 5.41) is 9.01. The van der Waals surface area contributed by atoms with Crippen molar-refractivity contribution in [3.05, 3.63) is 34.4 Å². The monoisotopic (exact) mass is 263 g/mol. The standard InChI is InChI=1S/C16H25NO2/c1-10-7-8-14(13(4)12(10)3)16(17(5)6)11(2)9-15(18)19/h7-8,11,16H,9H2,1-6H3,(H,18,19). The number of benzene rings is 1. The Morgan fingerprint density at radius 1 is 1.21 bits per heavy atom. The SMILES string of the molecule is Cc1ccc(C(C(C)CC(=O)O)N(C)C)c(C)c1C. The average molecular weight is 263 g/mol. The largest absolute Gasteiger partial charge is 0.481 e. The second-order valence-corrected chi connectivity index (χ2v) is 5.71. The van der Waals surface area contributed by atoms with Gasteiger partial charge in [-0.3, -0.25) is 4.79 Å². The van der Waals surface area contributed by atoms with Crippen LogP contribution in [0.1, 0.15) is 41.6 Å². The maximum atomic E-state index is 11.0. The van der Waals surface area contributed by atoms with Gasteiger partial charge in [0.25, 0.3) is 0 Å². The lowest BCUT2D eigenvalue weighted by atomic mass is 9.86. The lowest BCUT2D eigenvalue weighted by Crippen LogP contribution is -2.28. The second-order valence-electron chi connectivity index (χ2n) is 5.71. The minimum Gasteiger partial charge on any atom is -0.481 e. The zero-order valence-corrected chi connectivity index (χ0v) is 12.8. The van der Waals surface area contributed by atoms with Crippen molar-refractivity contribution in [1.29, 1.82) is 0 Å². The summed E-state index contributed by atoms with van der Waals surface area (Å²) in [6.07, 6.45) is 0.190. The molecule has 0 aromatic heterocycles. The van der Waals surface area contributed by atoms with Crippen LogP contribution in [-0.2, 0) is 4.79 Å². The van der Waals surface area contributed by atoms with E-state index < -0.39 is 5.97 Å². The summed E-state index contributed by atoms with van der Waals surface area (Å²) in [6.45, 7) is 8.37. The Bertz CT molecular complexity index is 466. The third-order valence-electron chi connectivity index (χ3n) is 4.01. The number of aryl methyl sites for hydroxylation is 1. The first-order chi connectivity index (χ1) is 8.75. The van der Waals surface area contributed by atoms with Gasteiger partial charge in [-0.1, -0.05) is 19.1 Å². The molecule has 2 atom stereocenters. The molecular formula is C16H25NO2. The maximum absolute atomic E-state index is 11.0. The third kappa shape index (κ3) is 3.57. The normalized spacial score (nSPS) is 14.5. The first kappa shape index (κ1) is 15.7. The lowest BCUT2D eigenvalue weighted by Gasteiger charge is -2.31. The minimum atomic E-state index is -0.735. The molecule has 106 valence electrons. The van der Waals surface area contributed by atoms with Crippen molar-refractivity contribution < 1.29 is 9.90 Å². The van der Waals surface area contributed by atoms with Crippen LogP contribution in [0.3, 0.4) is 0 Å². The van der Waals surface area contributed by atoms with Gasteiger partial charge >= 0.3 is 5.97 Å². The highest BCUT2D eigenvalue weighted by atomic mass is 16.4. The summed E-state index contributed by atoms with van der Waals surface area (Å²) in [4.78, 5) is 13.1. The van der Waals surface area contributed by atoms with Crippen molar-refractivity contribution in [2.24, 2.45) is 5.92 Å². The van der Waals surface area contributed by atoms with E-state index >= 15 is 0 Å². The molecule has 0 amide bonds. The van der Waals surface area contributed by atoms with Crippen molar-refractivity contribution in [3.63, 3.8) is 0 Å². The molecule has 2 unspecified atom stereocenters. The van der Waals surface area contributed by atoms with Gasteiger partial charge in [-0.15, -0.1) is 0 Å². The molecule has 1 rings (SSSR count). The van der Waals surface area contributed by atoms with E-state index in [1.165, 1.54) is 22.3 Å². The molecule has 0 saturated carbocycles. The van der Waals surface area contributed by atoms with Crippen LogP contribution in [0, 0.1) is 26.7 Å². The molecule has 0 radical (unpaired) electrons. The highest BCUT2D eigenvalue weighted by Crippen LogP contribution is 2.33. The summed E-state index contributed by atoms with van der Waals surface area (Å²) < 4.78 is 0. The van der Waals surface area contributed by atoms with E-state index in [2.05, 4.69) is 37.8 Å². The summed E-state index contributed by atoms with van der Waals surface area (Å²) in [6, 6.07) is 4.40. The predicted octanol–water partition coefficient (Wildman–Crippen LogP) is 3.33. The van der Waals surface area contributed by atoms with Crippen molar-refractivity contribution in [2.75, 3.05) is 14.1 Å². The van der Waals surface area contributed by atoms with Crippen LogP contribution in [0.25, 0.3) is 0 Å². The van der Waals surface area contributed by atoms with Crippen LogP contribution in [0.2, 0.25) is 0 Å². The van der Waals surface area contributed by atoms with Crippen molar-refractivity contribution >= 4 is 5.97 Å². The molecule has 1 N–H and O–H groups in total. The molecule has 3 nitrogen and oxygen atoms in total. The van der Waals surface area contributed by atoms with Gasteiger partial charge in [0, 0.05) is 12.5 Å². The van der Waals surface area contributed by atoms with Gasteiger partial charge in [0.15, 0.2) is 0 Å². The van der Waals surface area contributed by atoms with Crippen LogP contribution in [0.5, 0.6) is 0 Å². The molecule has 0 aliphatic carbocycles. The zero-order chi connectivity index (χ0) is 14.7. The van der Waals surface area contributed by atoms with E-state index in [-0.39, 0.29) is 18.4 Å². The van der Waals surface area contributed by atoms with Gasteiger partial charge in [-0.25, -0.2) is 0 Å². The van der Waals surface area contributed by atoms with E-state index in [1.54, 1.807) is 0 Å². The van der Waals surface area contributed by atoms with E-state index in [9.17, 15) is 4.79 Å². The summed E-state index contributed by atoms with van der Waals surface area (Å²) in [7, 11) is 4.02. The van der Waals surface area contributed by atoms with Crippen molar-refractivity contribution in [1.82, 2.24) is 4.90 Å². The molecule has 1 aromatic carbocycles. The molecule has 0 saturated heterocycles. The van der Waals surface area contributed by atoms with Crippen molar-refractivity contribution in [3.8, 4) is 0 Å². The second kappa shape index (κ2) is 6.20. The van der Waals surface area contributed by atoms with E-state index in [4.69, 9.17) is 5.11 Å². The smallest absolute Gasteiger partial charge is 0.303 e. The van der Waals surface area contributed by atoms with Crippen molar-refractivity contribution in [2.45, 2.75) is 40.2 Å². The van der Waals surface area contributed by atoms with E-state index in [0.717, 1.165) is 0 Å². The highest BCUT2D eigenvalue weighted by Gasteiger charge is 2.25. The summed E-state index contributed by atoms with van der Waals surface area (Å²) >= 11 is 0. The van der Waals surface area contributed by atoms with Gasteiger partial charge in [0.2, 0.25) is 0 Å². The fraction of sp³-hybridized carbons (Fsp3) is 0.562. The van der Waals surface area contributed by atoms with E-state index in [1.807, 2.05) is 21.0 Å². The van der Waals surface area contributed by atoms with Gasteiger partial charge in [-0.05, 0) is 63.0 Å². The van der Waals surface area contributed by atoms with Gasteiger partial charge < -0.3 is 10.0 Å². The fourth-order valence-corrected chi connectivity index (χ4v) is 2.78. The molecular weight excluding hydrogens is 238 g/mol. The van der Waals surface area contributed by atoms with Crippen LogP contribution < -0.4 is 0 Å². The Morgan fingerprint density at radius 2 is 1.79 bits per heavy atom. The number of hydrogen-bond donors (Lipinski definition) is 1. The number of carboxylic acids is 1. The number of carboxylic acid groups (broad SMARTS) is 1. The number of aliphatic carboxylic acids is 1. The lowest BCUT2D eigenvalue weighted by molar-refractivity contribution is -0.138. The van der Waals surface area contributed by atoms with Gasteiger partial charge in [-0.2, -0.15) is 0 Å². The minimum absolute atomic E-state index is 0.0771. The van der Waals surface area contributed by atoms with Gasteiger partial charge in [0.05, 0.1) is 0 Å². The first-order valence-corrected chi connectivity index (χ1v) is 6.70. The topological polar surface area (TPSA) is 40.5 Å². The fourth-order valence-electron chi connectivity index (χ4n) is 2.78. The first-order valence-electron chi connectivity index (χ1n) is 6.70. The van der Waals surface area contributed by atoms with Crippen LogP contribution in [0.15, 0.2) is 12.1 Å². The molecule has 0 bridgehead atoms. The number of rotatable bonds is 5. The molecule has 0 fully saturated rings. The molecule has 0 heterocycles. The maximum Gasteiger partial charge on any atom is 0.303 e. The predicted molar refractivity (Wildman–Crippen MR) is 78.5 cm³/mol. The molecule has 0 aliphatic rings. The Morgan fingerprint density at radius 3 is 2.26 bits per heavy atom. The Kier molecular flexibility index (Phi) is 5.12. The summed E-state index contributed by atoms with van der Waals surface area (Å²) in [5.74, 6) is -0.658. The Labute approximate surface area is 116 Å². The molecule has 3 heteroatoms. The quantitative estimate of drug-likeness (QED) is 0.886. The van der Waals surface area contributed by atoms with Crippen LogP contribution >= 0.6 is 0 Å². The van der Waals surface area contributed by atoms with E-state index in [0.29, 0.717) is 0 Å².